The number of hydrogen-bond acceptors (Lipinski definition) is 3. The highest BCUT2D eigenvalue weighted by Crippen LogP contribution is 2.29. The lowest BCUT2D eigenvalue weighted by atomic mass is 11.2. The van der Waals surface area contributed by atoms with Crippen molar-refractivity contribution in [3.63, 3.8) is 0 Å². The van der Waals surface area contributed by atoms with Gasteiger partial charge < -0.3 is 0 Å². The second-order valence-electron chi connectivity index (χ2n) is 0.982. The Morgan fingerprint density at radius 2 is 2.29 bits per heavy atom. The first kappa shape index (κ1) is 5.66. The minimum atomic E-state index is 1.08. The molecule has 1 aliphatic heterocycles. The third kappa shape index (κ3) is 1.84. The van der Waals surface area contributed by atoms with Gasteiger partial charge in [0.05, 0.1) is 0 Å². The van der Waals surface area contributed by atoms with Crippen LogP contribution in [0, 0.1) is 0 Å². The van der Waals surface area contributed by atoms with Crippen LogP contribution in [0.2, 0.25) is 0 Å². The average Bonchev–Trinajstić information content (AvgIpc) is 1.69. The molecule has 0 radical (unpaired) electrons. The smallest absolute Gasteiger partial charge is 0.0480 e. The van der Waals surface area contributed by atoms with Crippen molar-refractivity contribution in [2.75, 3.05) is 0 Å². The lowest BCUT2D eigenvalue weighted by Gasteiger charge is -1.95. The first-order valence-corrected chi connectivity index (χ1v) is 4.03. The van der Waals surface area contributed by atoms with Crippen molar-refractivity contribution in [2.24, 2.45) is 0 Å². The van der Waals surface area contributed by atoms with Gasteiger partial charge in [-0.05, 0) is 16.2 Å². The van der Waals surface area contributed by atoms with Gasteiger partial charge in [-0.2, -0.15) is 0 Å². The second kappa shape index (κ2) is 2.74. The summed E-state index contributed by atoms with van der Waals surface area (Å²) in [6.07, 6.45) is 0. The zero-order valence-corrected chi connectivity index (χ0v) is 6.02. The van der Waals surface area contributed by atoms with E-state index in [1.165, 1.54) is 0 Å². The monoisotopic (exact) mass is 148 g/mol. The van der Waals surface area contributed by atoms with Gasteiger partial charge in [0.2, 0.25) is 0 Å². The minimum Gasteiger partial charge on any atom is -0.136 e. The highest BCUT2D eigenvalue weighted by atomic mass is 32.2. The molecule has 0 saturated carbocycles. The van der Waals surface area contributed by atoms with Gasteiger partial charge >= 0.3 is 0 Å². The molecule has 38 valence electrons. The molecule has 0 atom stereocenters. The molecule has 0 saturated heterocycles. The largest absolute Gasteiger partial charge is 0.136 e. The molecular formula is C4H4S3. The first-order valence-electron chi connectivity index (χ1n) is 1.76. The van der Waals surface area contributed by atoms with Gasteiger partial charge in [-0.25, -0.2) is 0 Å². The fourth-order valence-electron chi connectivity index (χ4n) is 0.255. The van der Waals surface area contributed by atoms with E-state index in [4.69, 9.17) is 0 Å². The Morgan fingerprint density at radius 3 is 2.57 bits per heavy atom. The molecule has 0 aliphatic carbocycles. The van der Waals surface area contributed by atoms with E-state index < -0.39 is 0 Å². The van der Waals surface area contributed by atoms with Crippen LogP contribution >= 0.6 is 36.2 Å². The molecule has 0 aromatic rings. The highest BCUT2D eigenvalue weighted by Gasteiger charge is 1.89. The van der Waals surface area contributed by atoms with Crippen molar-refractivity contribution in [1.29, 1.82) is 0 Å². The van der Waals surface area contributed by atoms with Crippen LogP contribution in [0.3, 0.4) is 0 Å². The van der Waals surface area contributed by atoms with Gasteiger partial charge in [-0.1, -0.05) is 11.8 Å². The summed E-state index contributed by atoms with van der Waals surface area (Å²) in [6.45, 7) is 0. The van der Waals surface area contributed by atoms with Crippen LogP contribution in [0.1, 0.15) is 0 Å². The maximum absolute atomic E-state index is 4.11. The molecule has 0 nitrogen and oxygen atoms in total. The maximum atomic E-state index is 4.11. The lowest BCUT2D eigenvalue weighted by Crippen LogP contribution is -1.59. The first-order chi connectivity index (χ1) is 3.39. The van der Waals surface area contributed by atoms with E-state index in [2.05, 4.69) is 12.6 Å². The maximum Gasteiger partial charge on any atom is 0.0480 e. The molecule has 7 heavy (non-hydrogen) atoms. The fraction of sp³-hybridized carbons (Fsp3) is 0. The molecule has 0 bridgehead atoms. The Labute approximate surface area is 56.9 Å². The summed E-state index contributed by atoms with van der Waals surface area (Å²) in [4.78, 5) is 0. The Morgan fingerprint density at radius 1 is 1.43 bits per heavy atom. The molecule has 0 fully saturated rings. The highest BCUT2D eigenvalue weighted by molar-refractivity contribution is 8.20. The summed E-state index contributed by atoms with van der Waals surface area (Å²) >= 11 is 7.42. The van der Waals surface area contributed by atoms with E-state index in [-0.39, 0.29) is 0 Å². The van der Waals surface area contributed by atoms with Crippen molar-refractivity contribution in [3.05, 3.63) is 20.5 Å². The van der Waals surface area contributed by atoms with Crippen molar-refractivity contribution < 1.29 is 0 Å². The molecule has 3 heteroatoms. The van der Waals surface area contributed by atoms with E-state index >= 15 is 0 Å². The van der Waals surface area contributed by atoms with Crippen molar-refractivity contribution in [1.82, 2.24) is 0 Å². The van der Waals surface area contributed by atoms with Crippen LogP contribution in [0.15, 0.2) is 20.5 Å². The van der Waals surface area contributed by atoms with Crippen LogP contribution in [0.4, 0.5) is 0 Å². The van der Waals surface area contributed by atoms with Crippen LogP contribution in [-0.2, 0) is 0 Å². The molecule has 0 amide bonds. The van der Waals surface area contributed by atoms with E-state index in [0.717, 1.165) is 4.24 Å². The predicted octanol–water partition coefficient (Wildman–Crippen LogP) is 2.67. The Balaban J connectivity index is 2.50. The fourth-order valence-corrected chi connectivity index (χ4v) is 1.82. The number of rotatable bonds is 0. The van der Waals surface area contributed by atoms with Crippen molar-refractivity contribution in [3.8, 4) is 0 Å². The summed E-state index contributed by atoms with van der Waals surface area (Å²) in [5.74, 6) is 0. The average molecular weight is 148 g/mol. The summed E-state index contributed by atoms with van der Waals surface area (Å²) < 4.78 is 1.08. The van der Waals surface area contributed by atoms with Gasteiger partial charge in [-0.3, -0.25) is 0 Å². The summed E-state index contributed by atoms with van der Waals surface area (Å²) in [5, 5.41) is 6.06. The summed E-state index contributed by atoms with van der Waals surface area (Å²) in [7, 11) is 0. The Kier molecular flexibility index (Phi) is 2.22. The van der Waals surface area contributed by atoms with E-state index in [1.807, 2.05) is 16.2 Å². The van der Waals surface area contributed by atoms with Gasteiger partial charge in [0.15, 0.2) is 0 Å². The molecule has 0 aromatic carbocycles. The third-order valence-electron chi connectivity index (χ3n) is 0.492. The molecule has 1 rings (SSSR count). The molecule has 0 unspecified atom stereocenters. The van der Waals surface area contributed by atoms with E-state index in [9.17, 15) is 0 Å². The van der Waals surface area contributed by atoms with Gasteiger partial charge in [-0.15, -0.1) is 24.4 Å². The van der Waals surface area contributed by atoms with E-state index in [1.54, 1.807) is 23.5 Å². The van der Waals surface area contributed by atoms with Crippen molar-refractivity contribution >= 4 is 36.2 Å². The number of thiol groups is 1. The second-order valence-corrected chi connectivity index (χ2v) is 3.49. The molecule has 0 spiro atoms. The lowest BCUT2D eigenvalue weighted by molar-refractivity contribution is 2.37. The SMILES string of the molecule is SC1=CSC=CS1. The standard InChI is InChI=1S/C4H4S3/c5-4-3-6-1-2-7-4/h1-3,5H. The van der Waals surface area contributed by atoms with E-state index in [0.29, 0.717) is 0 Å². The Hall–Kier alpha value is 0.530. The van der Waals surface area contributed by atoms with Gasteiger partial charge in [0.25, 0.3) is 0 Å². The number of hydrogen-bond donors (Lipinski definition) is 1. The zero-order chi connectivity index (χ0) is 5.11. The van der Waals surface area contributed by atoms with Gasteiger partial charge in [0.1, 0.15) is 0 Å². The quantitative estimate of drug-likeness (QED) is 0.524. The Bertz CT molecular complexity index is 114. The van der Waals surface area contributed by atoms with Crippen LogP contribution in [0.5, 0.6) is 0 Å². The normalized spacial score (nSPS) is 19.3. The zero-order valence-electron chi connectivity index (χ0n) is 3.50. The van der Waals surface area contributed by atoms with Gasteiger partial charge in [0, 0.05) is 4.24 Å². The van der Waals surface area contributed by atoms with Crippen LogP contribution in [0.25, 0.3) is 0 Å². The molecule has 1 heterocycles. The van der Waals surface area contributed by atoms with Crippen LogP contribution in [-0.4, -0.2) is 0 Å². The van der Waals surface area contributed by atoms with Crippen LogP contribution < -0.4 is 0 Å². The topological polar surface area (TPSA) is 0 Å². The molecule has 0 aromatic heterocycles. The minimum absolute atomic E-state index is 1.08. The number of thioether (sulfide) groups is 2. The predicted molar refractivity (Wildman–Crippen MR) is 41.4 cm³/mol. The molecular weight excluding hydrogens is 144 g/mol. The molecule has 1 aliphatic rings. The summed E-state index contributed by atoms with van der Waals surface area (Å²) in [5.41, 5.74) is 0. The summed E-state index contributed by atoms with van der Waals surface area (Å²) in [6, 6.07) is 0. The third-order valence-corrected chi connectivity index (χ3v) is 2.73. The molecule has 0 N–H and O–H groups in total. The van der Waals surface area contributed by atoms with Crippen molar-refractivity contribution in [2.45, 2.75) is 0 Å².